The lowest BCUT2D eigenvalue weighted by Crippen LogP contribution is -2.39. The Balaban J connectivity index is 0.00000312. The van der Waals surface area contributed by atoms with Gasteiger partial charge in [0.25, 0.3) is 0 Å². The fourth-order valence-electron chi connectivity index (χ4n) is 2.70. The molecule has 1 aliphatic rings. The molecule has 1 amide bonds. The minimum Gasteiger partial charge on any atom is -0.383 e. The van der Waals surface area contributed by atoms with Crippen LogP contribution in [0.3, 0.4) is 0 Å². The van der Waals surface area contributed by atoms with Crippen LogP contribution in [0.25, 0.3) is 0 Å². The molecule has 10 heteroatoms. The van der Waals surface area contributed by atoms with Gasteiger partial charge in [0.15, 0.2) is 0 Å². The first-order chi connectivity index (χ1) is 11.3. The third-order valence-corrected chi connectivity index (χ3v) is 3.96. The summed E-state index contributed by atoms with van der Waals surface area (Å²) < 4.78 is 43.8. The molecule has 0 bridgehead atoms. The molecule has 0 radical (unpaired) electrons. The van der Waals surface area contributed by atoms with Crippen LogP contribution >= 0.6 is 24.8 Å². The van der Waals surface area contributed by atoms with Gasteiger partial charge in [-0.3, -0.25) is 4.79 Å². The number of ether oxygens (including phenoxy) is 1. The summed E-state index contributed by atoms with van der Waals surface area (Å²) in [4.78, 5) is 14.1. The highest BCUT2D eigenvalue weighted by atomic mass is 35.5. The van der Waals surface area contributed by atoms with Crippen LogP contribution in [0.4, 0.5) is 24.5 Å². The van der Waals surface area contributed by atoms with Crippen molar-refractivity contribution in [3.8, 4) is 0 Å². The molecule has 1 aromatic rings. The quantitative estimate of drug-likeness (QED) is 0.769. The second-order valence-electron chi connectivity index (χ2n) is 5.83. The number of nitrogens with one attached hydrogen (secondary N) is 1. The minimum absolute atomic E-state index is 0. The molecule has 1 fully saturated rings. The third-order valence-electron chi connectivity index (χ3n) is 3.96. The van der Waals surface area contributed by atoms with E-state index in [0.29, 0.717) is 5.69 Å². The van der Waals surface area contributed by atoms with Gasteiger partial charge in [-0.15, -0.1) is 24.8 Å². The van der Waals surface area contributed by atoms with Gasteiger partial charge in [-0.05, 0) is 37.5 Å². The van der Waals surface area contributed by atoms with E-state index in [9.17, 15) is 18.0 Å². The number of carbonyl (C=O) groups excluding carboxylic acids is 1. The highest BCUT2D eigenvalue weighted by Crippen LogP contribution is 2.36. The summed E-state index contributed by atoms with van der Waals surface area (Å²) in [6.45, 7) is 1.49. The molecule has 5 nitrogen and oxygen atoms in total. The van der Waals surface area contributed by atoms with E-state index >= 15 is 0 Å². The van der Waals surface area contributed by atoms with Gasteiger partial charge in [-0.25, -0.2) is 0 Å². The number of halogens is 5. The molecule has 0 spiro atoms. The van der Waals surface area contributed by atoms with Gasteiger partial charge in [0.1, 0.15) is 6.04 Å². The Bertz CT molecular complexity index is 582. The number of alkyl halides is 3. The molecule has 1 saturated heterocycles. The van der Waals surface area contributed by atoms with Crippen LogP contribution in [0.1, 0.15) is 24.8 Å². The molecule has 2 rings (SSSR count). The summed E-state index contributed by atoms with van der Waals surface area (Å²) in [6, 6.07) is 2.46. The molecule has 1 unspecified atom stereocenters. The summed E-state index contributed by atoms with van der Waals surface area (Å²) in [5.41, 5.74) is 5.56. The molecule has 1 heterocycles. The summed E-state index contributed by atoms with van der Waals surface area (Å²) >= 11 is 0. The van der Waals surface area contributed by atoms with Crippen LogP contribution in [0.15, 0.2) is 18.2 Å². The highest BCUT2D eigenvalue weighted by molar-refractivity contribution is 5.97. The van der Waals surface area contributed by atoms with Gasteiger partial charge in [0.2, 0.25) is 5.91 Å². The van der Waals surface area contributed by atoms with Crippen molar-refractivity contribution >= 4 is 42.1 Å². The zero-order valence-corrected chi connectivity index (χ0v) is 16.0. The maximum atomic E-state index is 13.0. The summed E-state index contributed by atoms with van der Waals surface area (Å²) in [7, 11) is 1.40. The van der Waals surface area contributed by atoms with E-state index < -0.39 is 23.7 Å². The van der Waals surface area contributed by atoms with Crippen molar-refractivity contribution in [2.75, 3.05) is 37.0 Å². The maximum absolute atomic E-state index is 13.0. The number of piperidine rings is 1. The Morgan fingerprint density at radius 2 is 1.88 bits per heavy atom. The van der Waals surface area contributed by atoms with Crippen LogP contribution in [0.5, 0.6) is 0 Å². The lowest BCUT2D eigenvalue weighted by atomic mass is 10.1. The van der Waals surface area contributed by atoms with Gasteiger partial charge in [-0.1, -0.05) is 0 Å². The van der Waals surface area contributed by atoms with E-state index in [1.54, 1.807) is 0 Å². The standard InChI is InChI=1S/C16H22F3N3O2.2ClH/c1-24-10-12(20)15(23)21-13-9-11(16(17,18)19)5-6-14(13)22-7-3-2-4-8-22;;/h5-6,9,12H,2-4,7-8,10,20H2,1H3,(H,21,23);2*1H. The Labute approximate surface area is 163 Å². The second-order valence-corrected chi connectivity index (χ2v) is 5.83. The van der Waals surface area contributed by atoms with Crippen LogP contribution in [-0.4, -0.2) is 38.8 Å². The number of amides is 1. The normalized spacial score (nSPS) is 15.5. The number of anilines is 2. The van der Waals surface area contributed by atoms with E-state index in [1.165, 1.54) is 13.2 Å². The number of methoxy groups -OCH3 is 1. The molecule has 1 atom stereocenters. The highest BCUT2D eigenvalue weighted by Gasteiger charge is 2.32. The summed E-state index contributed by atoms with van der Waals surface area (Å²) in [5, 5.41) is 2.52. The predicted octanol–water partition coefficient (Wildman–Crippen LogP) is 3.45. The first kappa shape index (κ1) is 24.8. The smallest absolute Gasteiger partial charge is 0.383 e. The topological polar surface area (TPSA) is 67.6 Å². The molecule has 1 aromatic carbocycles. The first-order valence-corrected chi connectivity index (χ1v) is 7.84. The van der Waals surface area contributed by atoms with Gasteiger partial charge >= 0.3 is 6.18 Å². The van der Waals surface area contributed by atoms with Gasteiger partial charge in [0.05, 0.1) is 23.5 Å². The lowest BCUT2D eigenvalue weighted by Gasteiger charge is -2.31. The van der Waals surface area contributed by atoms with Crippen molar-refractivity contribution in [3.63, 3.8) is 0 Å². The molecule has 0 aromatic heterocycles. The Hall–Kier alpha value is -1.22. The van der Waals surface area contributed by atoms with Crippen molar-refractivity contribution in [1.82, 2.24) is 0 Å². The molecule has 26 heavy (non-hydrogen) atoms. The number of hydrogen-bond donors (Lipinski definition) is 2. The Morgan fingerprint density at radius 1 is 1.27 bits per heavy atom. The fourth-order valence-corrected chi connectivity index (χ4v) is 2.70. The Morgan fingerprint density at radius 3 is 2.42 bits per heavy atom. The van der Waals surface area contributed by atoms with Crippen molar-refractivity contribution < 1.29 is 22.7 Å². The van der Waals surface area contributed by atoms with Crippen LogP contribution < -0.4 is 16.0 Å². The molecule has 0 aliphatic carbocycles. The second kappa shape index (κ2) is 10.8. The first-order valence-electron chi connectivity index (χ1n) is 7.84. The largest absolute Gasteiger partial charge is 0.416 e. The number of benzene rings is 1. The minimum atomic E-state index is -4.48. The molecular formula is C16H24Cl2F3N3O2. The molecule has 1 aliphatic heterocycles. The monoisotopic (exact) mass is 417 g/mol. The third kappa shape index (κ3) is 6.50. The van der Waals surface area contributed by atoms with E-state index in [-0.39, 0.29) is 37.1 Å². The number of rotatable bonds is 5. The average molecular weight is 418 g/mol. The van der Waals surface area contributed by atoms with Gasteiger partial charge in [0, 0.05) is 20.2 Å². The number of hydrogen-bond acceptors (Lipinski definition) is 4. The van der Waals surface area contributed by atoms with Crippen LogP contribution in [-0.2, 0) is 15.7 Å². The summed E-state index contributed by atoms with van der Waals surface area (Å²) in [6.07, 6.45) is -1.44. The van der Waals surface area contributed by atoms with E-state index in [4.69, 9.17) is 10.5 Å². The predicted molar refractivity (Wildman–Crippen MR) is 100 cm³/mol. The van der Waals surface area contributed by atoms with Crippen molar-refractivity contribution in [3.05, 3.63) is 23.8 Å². The van der Waals surface area contributed by atoms with E-state index in [1.807, 2.05) is 4.90 Å². The molecular weight excluding hydrogens is 394 g/mol. The van der Waals surface area contributed by atoms with Crippen LogP contribution in [0, 0.1) is 0 Å². The zero-order chi connectivity index (χ0) is 17.7. The summed E-state index contributed by atoms with van der Waals surface area (Å²) in [5.74, 6) is -0.575. The van der Waals surface area contributed by atoms with E-state index in [0.717, 1.165) is 44.5 Å². The SMILES string of the molecule is COCC(N)C(=O)Nc1cc(C(F)(F)F)ccc1N1CCCCC1.Cl.Cl. The average Bonchev–Trinajstić information content (AvgIpc) is 2.55. The number of nitrogens with zero attached hydrogens (tertiary/aromatic N) is 1. The van der Waals surface area contributed by atoms with Crippen LogP contribution in [0.2, 0.25) is 0 Å². The Kier molecular flexibility index (Phi) is 10.3. The van der Waals surface area contributed by atoms with E-state index in [2.05, 4.69) is 5.32 Å². The van der Waals surface area contributed by atoms with Crippen molar-refractivity contribution in [1.29, 1.82) is 0 Å². The van der Waals surface area contributed by atoms with Crippen molar-refractivity contribution in [2.24, 2.45) is 5.73 Å². The number of carbonyl (C=O) groups is 1. The maximum Gasteiger partial charge on any atom is 0.416 e. The molecule has 3 N–H and O–H groups in total. The fraction of sp³-hybridized carbons (Fsp3) is 0.562. The lowest BCUT2D eigenvalue weighted by molar-refractivity contribution is -0.137. The zero-order valence-electron chi connectivity index (χ0n) is 14.3. The molecule has 0 saturated carbocycles. The van der Waals surface area contributed by atoms with Crippen molar-refractivity contribution in [2.45, 2.75) is 31.5 Å². The molecule has 150 valence electrons. The number of nitrogens with two attached hydrogens (primary N) is 1. The van der Waals surface area contributed by atoms with Gasteiger partial charge in [-0.2, -0.15) is 13.2 Å². The van der Waals surface area contributed by atoms with Gasteiger partial charge < -0.3 is 20.7 Å².